The van der Waals surface area contributed by atoms with Gasteiger partial charge in [-0.2, -0.15) is 0 Å². The van der Waals surface area contributed by atoms with Gasteiger partial charge in [0.1, 0.15) is 11.5 Å². The lowest BCUT2D eigenvalue weighted by Gasteiger charge is -2.07. The highest BCUT2D eigenvalue weighted by Gasteiger charge is 2.12. The average molecular weight is 331 g/mol. The standard InChI is InChI=1S/C16H11BrO3/c1-9-5-6-10(13(18)7-9)15-8-14(19)11-3-2-4-12(17)16(11)20-15/h2-8,18H,1H3. The minimum absolute atomic E-state index is 0.0968. The maximum atomic E-state index is 12.1. The predicted octanol–water partition coefficient (Wildman–Crippen LogP) is 4.24. The van der Waals surface area contributed by atoms with Gasteiger partial charge in [-0.3, -0.25) is 4.79 Å². The van der Waals surface area contributed by atoms with Gasteiger partial charge in [-0.15, -0.1) is 0 Å². The number of hydrogen-bond acceptors (Lipinski definition) is 3. The normalized spacial score (nSPS) is 10.9. The van der Waals surface area contributed by atoms with Crippen LogP contribution in [-0.2, 0) is 0 Å². The number of fused-ring (bicyclic) bond motifs is 1. The minimum Gasteiger partial charge on any atom is -0.507 e. The Hall–Kier alpha value is -2.07. The van der Waals surface area contributed by atoms with Crippen LogP contribution in [0.4, 0.5) is 0 Å². The van der Waals surface area contributed by atoms with E-state index in [-0.39, 0.29) is 11.2 Å². The van der Waals surface area contributed by atoms with Gasteiger partial charge in [0, 0.05) is 6.07 Å². The van der Waals surface area contributed by atoms with E-state index in [0.29, 0.717) is 26.8 Å². The molecule has 0 fully saturated rings. The molecule has 0 saturated heterocycles. The van der Waals surface area contributed by atoms with E-state index in [4.69, 9.17) is 4.42 Å². The zero-order valence-corrected chi connectivity index (χ0v) is 12.3. The van der Waals surface area contributed by atoms with Crippen molar-refractivity contribution in [2.24, 2.45) is 0 Å². The second kappa shape index (κ2) is 4.80. The number of hydrogen-bond donors (Lipinski definition) is 1. The quantitative estimate of drug-likeness (QED) is 0.726. The molecule has 100 valence electrons. The highest BCUT2D eigenvalue weighted by Crippen LogP contribution is 2.32. The summed E-state index contributed by atoms with van der Waals surface area (Å²) < 4.78 is 6.48. The Morgan fingerprint density at radius 1 is 1.15 bits per heavy atom. The van der Waals surface area contributed by atoms with Crippen LogP contribution in [0.1, 0.15) is 5.56 Å². The molecule has 0 aliphatic heterocycles. The Balaban J connectivity index is 2.32. The van der Waals surface area contributed by atoms with E-state index in [1.807, 2.05) is 19.1 Å². The fourth-order valence-corrected chi connectivity index (χ4v) is 2.57. The molecule has 0 aliphatic rings. The second-order valence-electron chi connectivity index (χ2n) is 4.61. The second-order valence-corrected chi connectivity index (χ2v) is 5.47. The van der Waals surface area contributed by atoms with Gasteiger partial charge < -0.3 is 9.52 Å². The molecule has 0 atom stereocenters. The number of rotatable bonds is 1. The van der Waals surface area contributed by atoms with Crippen molar-refractivity contribution in [1.29, 1.82) is 0 Å². The number of para-hydroxylation sites is 1. The molecule has 20 heavy (non-hydrogen) atoms. The Morgan fingerprint density at radius 2 is 1.95 bits per heavy atom. The first-order chi connectivity index (χ1) is 9.56. The molecule has 0 saturated carbocycles. The molecule has 3 nitrogen and oxygen atoms in total. The predicted molar refractivity (Wildman–Crippen MR) is 82.0 cm³/mol. The Morgan fingerprint density at radius 3 is 2.70 bits per heavy atom. The summed E-state index contributed by atoms with van der Waals surface area (Å²) in [5.74, 6) is 0.450. The zero-order chi connectivity index (χ0) is 14.3. The summed E-state index contributed by atoms with van der Waals surface area (Å²) in [7, 11) is 0. The third-order valence-electron chi connectivity index (χ3n) is 3.13. The SMILES string of the molecule is Cc1ccc(-c2cc(=O)c3cccc(Br)c3o2)c(O)c1. The molecule has 0 spiro atoms. The van der Waals surface area contributed by atoms with Gasteiger partial charge in [0.05, 0.1) is 15.4 Å². The van der Waals surface area contributed by atoms with Gasteiger partial charge in [0.25, 0.3) is 0 Å². The van der Waals surface area contributed by atoms with E-state index in [0.717, 1.165) is 5.56 Å². The van der Waals surface area contributed by atoms with Crippen LogP contribution in [-0.4, -0.2) is 5.11 Å². The molecule has 3 rings (SSSR count). The zero-order valence-electron chi connectivity index (χ0n) is 10.7. The van der Waals surface area contributed by atoms with Crippen molar-refractivity contribution in [2.75, 3.05) is 0 Å². The molecule has 4 heteroatoms. The lowest BCUT2D eigenvalue weighted by atomic mass is 10.1. The number of phenols is 1. The van der Waals surface area contributed by atoms with E-state index in [2.05, 4.69) is 15.9 Å². The lowest BCUT2D eigenvalue weighted by Crippen LogP contribution is -2.00. The minimum atomic E-state index is -0.137. The van der Waals surface area contributed by atoms with Crippen molar-refractivity contribution in [3.05, 3.63) is 62.7 Å². The van der Waals surface area contributed by atoms with E-state index in [9.17, 15) is 9.90 Å². The summed E-state index contributed by atoms with van der Waals surface area (Å²) in [6, 6.07) is 11.9. The topological polar surface area (TPSA) is 50.4 Å². The molecule has 1 aromatic heterocycles. The highest BCUT2D eigenvalue weighted by atomic mass is 79.9. The Bertz CT molecular complexity index is 865. The first kappa shape index (κ1) is 12.9. The van der Waals surface area contributed by atoms with E-state index >= 15 is 0 Å². The van der Waals surface area contributed by atoms with Gasteiger partial charge in [0.15, 0.2) is 11.0 Å². The molecule has 1 heterocycles. The molecule has 0 aliphatic carbocycles. The number of phenolic OH excluding ortho intramolecular Hbond substituents is 1. The summed E-state index contributed by atoms with van der Waals surface area (Å²) in [6.07, 6.45) is 0. The summed E-state index contributed by atoms with van der Waals surface area (Å²) in [5.41, 5.74) is 1.79. The lowest BCUT2D eigenvalue weighted by molar-refractivity contribution is 0.474. The van der Waals surface area contributed by atoms with E-state index in [1.54, 1.807) is 24.3 Å². The van der Waals surface area contributed by atoms with Gasteiger partial charge >= 0.3 is 0 Å². The number of halogens is 1. The molecule has 0 radical (unpaired) electrons. The molecule has 3 aromatic rings. The Labute approximate surface area is 123 Å². The summed E-state index contributed by atoms with van der Waals surface area (Å²) in [5, 5.41) is 10.5. The molecule has 0 bridgehead atoms. The average Bonchev–Trinajstić information content (AvgIpc) is 2.40. The number of aromatic hydroxyl groups is 1. The fourth-order valence-electron chi connectivity index (χ4n) is 2.13. The van der Waals surface area contributed by atoms with E-state index in [1.165, 1.54) is 6.07 Å². The third-order valence-corrected chi connectivity index (χ3v) is 3.75. The number of benzene rings is 2. The van der Waals surface area contributed by atoms with Crippen molar-refractivity contribution in [1.82, 2.24) is 0 Å². The van der Waals surface area contributed by atoms with Gasteiger partial charge in [-0.1, -0.05) is 12.1 Å². The number of aryl methyl sites for hydroxylation is 1. The first-order valence-electron chi connectivity index (χ1n) is 6.08. The molecule has 0 amide bonds. The van der Waals surface area contributed by atoms with Gasteiger partial charge in [-0.25, -0.2) is 0 Å². The maximum Gasteiger partial charge on any atom is 0.193 e. The van der Waals surface area contributed by atoms with Crippen molar-refractivity contribution < 1.29 is 9.52 Å². The summed E-state index contributed by atoms with van der Waals surface area (Å²) in [4.78, 5) is 12.1. The van der Waals surface area contributed by atoms with Gasteiger partial charge in [0.2, 0.25) is 0 Å². The molecule has 1 N–H and O–H groups in total. The van der Waals surface area contributed by atoms with Crippen molar-refractivity contribution >= 4 is 26.9 Å². The van der Waals surface area contributed by atoms with Crippen LogP contribution in [0.2, 0.25) is 0 Å². The molecule has 2 aromatic carbocycles. The van der Waals surface area contributed by atoms with Crippen LogP contribution in [0.15, 0.2) is 56.1 Å². The fraction of sp³-hybridized carbons (Fsp3) is 0.0625. The molecule has 0 unspecified atom stereocenters. The third kappa shape index (κ3) is 2.12. The Kier molecular flexibility index (Phi) is 3.10. The largest absolute Gasteiger partial charge is 0.507 e. The van der Waals surface area contributed by atoms with Crippen LogP contribution in [0.25, 0.3) is 22.3 Å². The highest BCUT2D eigenvalue weighted by molar-refractivity contribution is 9.10. The van der Waals surface area contributed by atoms with Crippen molar-refractivity contribution in [3.63, 3.8) is 0 Å². The van der Waals surface area contributed by atoms with E-state index < -0.39 is 0 Å². The van der Waals surface area contributed by atoms with Crippen LogP contribution >= 0.6 is 15.9 Å². The van der Waals surface area contributed by atoms with Crippen molar-refractivity contribution in [2.45, 2.75) is 6.92 Å². The van der Waals surface area contributed by atoms with Crippen molar-refractivity contribution in [3.8, 4) is 17.1 Å². The summed E-state index contributed by atoms with van der Waals surface area (Å²) in [6.45, 7) is 1.89. The maximum absolute atomic E-state index is 12.1. The molecular formula is C16H11BrO3. The van der Waals surface area contributed by atoms with Crippen LogP contribution < -0.4 is 5.43 Å². The molecular weight excluding hydrogens is 320 g/mol. The van der Waals surface area contributed by atoms with Crippen LogP contribution in [0.3, 0.4) is 0 Å². The van der Waals surface area contributed by atoms with Crippen LogP contribution in [0.5, 0.6) is 5.75 Å². The monoisotopic (exact) mass is 330 g/mol. The van der Waals surface area contributed by atoms with Crippen LogP contribution in [0, 0.1) is 6.92 Å². The van der Waals surface area contributed by atoms with Gasteiger partial charge in [-0.05, 0) is 52.7 Å². The summed E-state index contributed by atoms with van der Waals surface area (Å²) >= 11 is 3.37. The smallest absolute Gasteiger partial charge is 0.193 e. The first-order valence-corrected chi connectivity index (χ1v) is 6.88.